The Hall–Kier alpha value is -1.85. The van der Waals surface area contributed by atoms with Crippen molar-refractivity contribution in [3.05, 3.63) is 58.6 Å². The molecule has 0 spiro atoms. The van der Waals surface area contributed by atoms with E-state index in [2.05, 4.69) is 55.7 Å². The van der Waals surface area contributed by atoms with Crippen LogP contribution in [-0.4, -0.2) is 33.9 Å². The summed E-state index contributed by atoms with van der Waals surface area (Å²) in [7, 11) is 0. The maximum Gasteiger partial charge on any atom is 0.206 e. The van der Waals surface area contributed by atoms with E-state index in [1.807, 2.05) is 18.2 Å². The summed E-state index contributed by atoms with van der Waals surface area (Å²) in [6.07, 6.45) is 0.553. The first-order valence-electron chi connectivity index (χ1n) is 7.83. The zero-order valence-corrected chi connectivity index (χ0v) is 14.3. The first kappa shape index (κ1) is 14.7. The SMILES string of the molecule is O[C@H]1CCN(c2nc3ccccc3n2Cc2ccc(Br)cc2)C1. The standard InChI is InChI=1S/C18H18BrN3O/c19-14-7-5-13(6-8-14)11-22-17-4-2-1-3-16(17)20-18(22)21-10-9-15(23)12-21/h1-8,15,23H,9-12H2/t15-/m0/s1. The van der Waals surface area contributed by atoms with Gasteiger partial charge in [-0.2, -0.15) is 0 Å². The van der Waals surface area contributed by atoms with E-state index in [-0.39, 0.29) is 6.10 Å². The monoisotopic (exact) mass is 371 g/mol. The Morgan fingerprint density at radius 1 is 1.13 bits per heavy atom. The Balaban J connectivity index is 1.77. The molecule has 0 saturated carbocycles. The molecule has 4 rings (SSSR count). The van der Waals surface area contributed by atoms with Gasteiger partial charge in [-0.15, -0.1) is 0 Å². The lowest BCUT2D eigenvalue weighted by molar-refractivity contribution is 0.198. The van der Waals surface area contributed by atoms with Crippen molar-refractivity contribution in [2.45, 2.75) is 19.1 Å². The number of hydrogen-bond donors (Lipinski definition) is 1. The van der Waals surface area contributed by atoms with Crippen LogP contribution in [0.15, 0.2) is 53.0 Å². The Morgan fingerprint density at radius 2 is 1.91 bits per heavy atom. The maximum atomic E-state index is 9.86. The highest BCUT2D eigenvalue weighted by molar-refractivity contribution is 9.10. The van der Waals surface area contributed by atoms with Gasteiger partial charge in [0.25, 0.3) is 0 Å². The van der Waals surface area contributed by atoms with Gasteiger partial charge in [-0.05, 0) is 36.2 Å². The van der Waals surface area contributed by atoms with Gasteiger partial charge in [0.1, 0.15) is 0 Å². The highest BCUT2D eigenvalue weighted by Crippen LogP contribution is 2.27. The zero-order chi connectivity index (χ0) is 15.8. The molecule has 1 N–H and O–H groups in total. The molecule has 0 aliphatic carbocycles. The van der Waals surface area contributed by atoms with E-state index in [0.29, 0.717) is 6.54 Å². The van der Waals surface area contributed by atoms with Gasteiger partial charge in [0.05, 0.1) is 23.7 Å². The third-order valence-corrected chi connectivity index (χ3v) is 4.86. The van der Waals surface area contributed by atoms with Gasteiger partial charge in [0.15, 0.2) is 0 Å². The van der Waals surface area contributed by atoms with Crippen LogP contribution < -0.4 is 4.90 Å². The van der Waals surface area contributed by atoms with Crippen LogP contribution in [0.4, 0.5) is 5.95 Å². The van der Waals surface area contributed by atoms with Gasteiger partial charge in [0, 0.05) is 17.6 Å². The molecule has 0 unspecified atom stereocenters. The molecular weight excluding hydrogens is 354 g/mol. The van der Waals surface area contributed by atoms with Crippen molar-refractivity contribution in [1.29, 1.82) is 0 Å². The number of para-hydroxylation sites is 2. The van der Waals surface area contributed by atoms with Crippen LogP contribution in [0.25, 0.3) is 11.0 Å². The molecule has 2 heterocycles. The molecule has 3 aromatic rings. The third-order valence-electron chi connectivity index (χ3n) is 4.33. The lowest BCUT2D eigenvalue weighted by Crippen LogP contribution is -2.25. The Labute approximate surface area is 143 Å². The van der Waals surface area contributed by atoms with E-state index in [0.717, 1.165) is 41.0 Å². The van der Waals surface area contributed by atoms with Crippen LogP contribution in [0, 0.1) is 0 Å². The fraction of sp³-hybridized carbons (Fsp3) is 0.278. The Kier molecular flexibility index (Phi) is 3.83. The molecule has 4 nitrogen and oxygen atoms in total. The summed E-state index contributed by atoms with van der Waals surface area (Å²) in [5, 5.41) is 9.86. The summed E-state index contributed by atoms with van der Waals surface area (Å²) < 4.78 is 3.33. The van der Waals surface area contributed by atoms with Crippen LogP contribution in [0.1, 0.15) is 12.0 Å². The average Bonchev–Trinajstić information content (AvgIpc) is 3.14. The lowest BCUT2D eigenvalue weighted by atomic mass is 10.2. The quantitative estimate of drug-likeness (QED) is 0.766. The molecule has 0 radical (unpaired) electrons. The number of halogens is 1. The van der Waals surface area contributed by atoms with Crippen LogP contribution >= 0.6 is 15.9 Å². The van der Waals surface area contributed by atoms with Crippen LogP contribution in [0.2, 0.25) is 0 Å². The van der Waals surface area contributed by atoms with Crippen molar-refractivity contribution in [3.8, 4) is 0 Å². The summed E-state index contributed by atoms with van der Waals surface area (Å²) in [5.41, 5.74) is 3.37. The second kappa shape index (κ2) is 5.98. The van der Waals surface area contributed by atoms with Crippen molar-refractivity contribution in [3.63, 3.8) is 0 Å². The molecule has 0 bridgehead atoms. The zero-order valence-electron chi connectivity index (χ0n) is 12.7. The molecule has 1 aliphatic rings. The van der Waals surface area contributed by atoms with Gasteiger partial charge in [-0.3, -0.25) is 0 Å². The van der Waals surface area contributed by atoms with E-state index in [1.54, 1.807) is 0 Å². The number of β-amino-alcohol motifs (C(OH)–C–C–N with tert-alkyl or cyclic N) is 1. The van der Waals surface area contributed by atoms with Crippen molar-refractivity contribution < 1.29 is 5.11 Å². The number of rotatable bonds is 3. The van der Waals surface area contributed by atoms with Crippen molar-refractivity contribution in [2.24, 2.45) is 0 Å². The minimum absolute atomic E-state index is 0.254. The minimum atomic E-state index is -0.254. The summed E-state index contributed by atoms with van der Waals surface area (Å²) >= 11 is 3.48. The molecule has 5 heteroatoms. The highest BCUT2D eigenvalue weighted by Gasteiger charge is 2.25. The number of aliphatic hydroxyl groups excluding tert-OH is 1. The number of fused-ring (bicyclic) bond motifs is 1. The molecule has 23 heavy (non-hydrogen) atoms. The second-order valence-corrected chi connectivity index (χ2v) is 6.92. The lowest BCUT2D eigenvalue weighted by Gasteiger charge is -2.19. The van der Waals surface area contributed by atoms with E-state index < -0.39 is 0 Å². The number of aliphatic hydroxyl groups is 1. The minimum Gasteiger partial charge on any atom is -0.391 e. The second-order valence-electron chi connectivity index (χ2n) is 6.00. The molecule has 1 fully saturated rings. The molecule has 1 atom stereocenters. The predicted molar refractivity (Wildman–Crippen MR) is 95.8 cm³/mol. The molecule has 2 aromatic carbocycles. The van der Waals surface area contributed by atoms with E-state index in [1.165, 1.54) is 5.56 Å². The third kappa shape index (κ3) is 2.86. The van der Waals surface area contributed by atoms with Gasteiger partial charge in [-0.25, -0.2) is 4.98 Å². The van der Waals surface area contributed by atoms with Crippen LogP contribution in [0.5, 0.6) is 0 Å². The molecule has 118 valence electrons. The molecule has 1 aromatic heterocycles. The van der Waals surface area contributed by atoms with E-state index >= 15 is 0 Å². The number of nitrogens with zero attached hydrogens (tertiary/aromatic N) is 3. The van der Waals surface area contributed by atoms with Gasteiger partial charge in [0.2, 0.25) is 5.95 Å². The Morgan fingerprint density at radius 3 is 2.65 bits per heavy atom. The van der Waals surface area contributed by atoms with Gasteiger partial charge >= 0.3 is 0 Å². The summed E-state index contributed by atoms with van der Waals surface area (Å²) in [4.78, 5) is 7.00. The molecule has 1 saturated heterocycles. The largest absolute Gasteiger partial charge is 0.391 e. The number of imidazole rings is 1. The fourth-order valence-corrected chi connectivity index (χ4v) is 3.42. The van der Waals surface area contributed by atoms with Gasteiger partial charge in [-0.1, -0.05) is 40.2 Å². The first-order chi connectivity index (χ1) is 11.2. The van der Waals surface area contributed by atoms with Crippen molar-refractivity contribution >= 4 is 32.9 Å². The van der Waals surface area contributed by atoms with E-state index in [4.69, 9.17) is 4.98 Å². The van der Waals surface area contributed by atoms with Crippen molar-refractivity contribution in [2.75, 3.05) is 18.0 Å². The fourth-order valence-electron chi connectivity index (χ4n) is 3.16. The van der Waals surface area contributed by atoms with Crippen molar-refractivity contribution in [1.82, 2.24) is 9.55 Å². The van der Waals surface area contributed by atoms with Gasteiger partial charge < -0.3 is 14.6 Å². The summed E-state index contributed by atoms with van der Waals surface area (Å²) in [6, 6.07) is 16.6. The topological polar surface area (TPSA) is 41.3 Å². The summed E-state index contributed by atoms with van der Waals surface area (Å²) in [6.45, 7) is 2.28. The molecular formula is C18H18BrN3O. The first-order valence-corrected chi connectivity index (χ1v) is 8.63. The number of hydrogen-bond acceptors (Lipinski definition) is 3. The number of aromatic nitrogens is 2. The smallest absolute Gasteiger partial charge is 0.206 e. The predicted octanol–water partition coefficient (Wildman–Crippen LogP) is 3.42. The highest BCUT2D eigenvalue weighted by atomic mass is 79.9. The molecule has 0 amide bonds. The van der Waals surface area contributed by atoms with E-state index in [9.17, 15) is 5.11 Å². The summed E-state index contributed by atoms with van der Waals surface area (Å²) in [5.74, 6) is 0.950. The Bertz CT molecular complexity index is 828. The number of benzene rings is 2. The van der Waals surface area contributed by atoms with Crippen LogP contribution in [-0.2, 0) is 6.54 Å². The maximum absolute atomic E-state index is 9.86. The molecule has 1 aliphatic heterocycles. The normalized spacial score (nSPS) is 18.0. The average molecular weight is 372 g/mol. The van der Waals surface area contributed by atoms with Crippen LogP contribution in [0.3, 0.4) is 0 Å². The number of anilines is 1.